The molecule has 0 aromatic rings. The summed E-state index contributed by atoms with van der Waals surface area (Å²) in [5.74, 6) is 2.58. The summed E-state index contributed by atoms with van der Waals surface area (Å²) >= 11 is 0. The summed E-state index contributed by atoms with van der Waals surface area (Å²) < 4.78 is 0. The van der Waals surface area contributed by atoms with E-state index in [1.165, 1.54) is 36.2 Å². The molecule has 1 saturated carbocycles. The average molecular weight is 300 g/mol. The molecule has 0 aromatic carbocycles. The van der Waals surface area contributed by atoms with Crippen LogP contribution in [0.4, 0.5) is 0 Å². The summed E-state index contributed by atoms with van der Waals surface area (Å²) in [4.78, 5) is 2.53. The van der Waals surface area contributed by atoms with E-state index in [0.29, 0.717) is 0 Å². The number of likely N-dealkylation sites (N-methyl/N-ethyl adjacent to an activating group) is 1. The number of allylic oxidation sites excluding steroid dienone is 3. The van der Waals surface area contributed by atoms with Gasteiger partial charge in [0.25, 0.3) is 0 Å². The molecular weight excluding hydrogens is 268 g/mol. The van der Waals surface area contributed by atoms with Gasteiger partial charge in [0.15, 0.2) is 0 Å². The molecule has 1 N–H and O–H groups in total. The van der Waals surface area contributed by atoms with Gasteiger partial charge in [0.1, 0.15) is 0 Å². The second kappa shape index (κ2) is 7.74. The van der Waals surface area contributed by atoms with E-state index >= 15 is 0 Å². The third-order valence-electron chi connectivity index (χ3n) is 5.29. The maximum absolute atomic E-state index is 3.48. The predicted octanol–water partition coefficient (Wildman–Crippen LogP) is 4.48. The van der Waals surface area contributed by atoms with Gasteiger partial charge < -0.3 is 10.2 Å². The van der Waals surface area contributed by atoms with Crippen molar-refractivity contribution in [2.24, 2.45) is 17.8 Å². The van der Waals surface area contributed by atoms with Crippen LogP contribution in [0.2, 0.25) is 0 Å². The summed E-state index contributed by atoms with van der Waals surface area (Å²) in [6.07, 6.45) is 10.4. The third-order valence-corrected chi connectivity index (χ3v) is 5.29. The SMILES string of the molecule is CCCN(C[C@@H](C)C1CCC1C)C1=C=CC=C(NC)C(C)=C1. The van der Waals surface area contributed by atoms with E-state index in [0.717, 1.165) is 30.8 Å². The summed E-state index contributed by atoms with van der Waals surface area (Å²) in [6, 6.07) is 0. The maximum atomic E-state index is 3.48. The van der Waals surface area contributed by atoms with Crippen LogP contribution >= 0.6 is 0 Å². The quantitative estimate of drug-likeness (QED) is 0.697. The monoisotopic (exact) mass is 300 g/mol. The van der Waals surface area contributed by atoms with Crippen LogP contribution in [0.3, 0.4) is 0 Å². The Balaban J connectivity index is 2.11. The predicted molar refractivity (Wildman–Crippen MR) is 95.4 cm³/mol. The topological polar surface area (TPSA) is 15.3 Å². The normalized spacial score (nSPS) is 25.4. The highest BCUT2D eigenvalue weighted by Crippen LogP contribution is 2.39. The highest BCUT2D eigenvalue weighted by Gasteiger charge is 2.32. The van der Waals surface area contributed by atoms with E-state index in [1.54, 1.807) is 0 Å². The molecular formula is C20H32N2. The molecule has 0 bridgehead atoms. The lowest BCUT2D eigenvalue weighted by atomic mass is 9.68. The van der Waals surface area contributed by atoms with Gasteiger partial charge in [-0.1, -0.05) is 32.9 Å². The van der Waals surface area contributed by atoms with Crippen LogP contribution in [-0.4, -0.2) is 25.0 Å². The van der Waals surface area contributed by atoms with Gasteiger partial charge in [0.2, 0.25) is 0 Å². The number of nitrogens with one attached hydrogen (secondary N) is 1. The third kappa shape index (κ3) is 3.87. The smallest absolute Gasteiger partial charge is 0.0803 e. The van der Waals surface area contributed by atoms with E-state index in [9.17, 15) is 0 Å². The van der Waals surface area contributed by atoms with Crippen molar-refractivity contribution >= 4 is 0 Å². The highest BCUT2D eigenvalue weighted by molar-refractivity contribution is 5.39. The first-order valence-corrected chi connectivity index (χ1v) is 8.85. The molecule has 2 aliphatic rings. The van der Waals surface area contributed by atoms with Gasteiger partial charge in [0.05, 0.1) is 5.70 Å². The van der Waals surface area contributed by atoms with Gasteiger partial charge >= 0.3 is 0 Å². The molecule has 122 valence electrons. The zero-order valence-corrected chi connectivity index (χ0v) is 14.9. The zero-order chi connectivity index (χ0) is 16.1. The summed E-state index contributed by atoms with van der Waals surface area (Å²) in [6.45, 7) is 11.5. The van der Waals surface area contributed by atoms with Gasteiger partial charge in [-0.15, -0.1) is 0 Å². The van der Waals surface area contributed by atoms with Crippen LogP contribution in [0.5, 0.6) is 0 Å². The Kier molecular flexibility index (Phi) is 5.97. The van der Waals surface area contributed by atoms with E-state index in [1.807, 2.05) is 13.1 Å². The van der Waals surface area contributed by atoms with E-state index in [2.05, 4.69) is 55.8 Å². The van der Waals surface area contributed by atoms with Crippen LogP contribution in [0.25, 0.3) is 0 Å². The second-order valence-corrected chi connectivity index (χ2v) is 7.00. The molecule has 0 amide bonds. The summed E-state index contributed by atoms with van der Waals surface area (Å²) in [5.41, 5.74) is 7.18. The Morgan fingerprint density at radius 2 is 2.18 bits per heavy atom. The van der Waals surface area contributed by atoms with E-state index in [-0.39, 0.29) is 0 Å². The Morgan fingerprint density at radius 3 is 2.73 bits per heavy atom. The minimum atomic E-state index is 0.762. The molecule has 2 nitrogen and oxygen atoms in total. The first kappa shape index (κ1) is 17.0. The van der Waals surface area contributed by atoms with Crippen LogP contribution in [-0.2, 0) is 0 Å². The molecule has 2 rings (SSSR count). The van der Waals surface area contributed by atoms with Crippen molar-refractivity contribution in [2.45, 2.75) is 47.0 Å². The van der Waals surface area contributed by atoms with Gasteiger partial charge in [0, 0.05) is 25.8 Å². The number of nitrogens with zero attached hydrogens (tertiary/aromatic N) is 1. The average Bonchev–Trinajstić information content (AvgIpc) is 2.66. The molecule has 0 saturated heterocycles. The van der Waals surface area contributed by atoms with Crippen molar-refractivity contribution in [3.05, 3.63) is 40.9 Å². The van der Waals surface area contributed by atoms with Crippen molar-refractivity contribution in [2.75, 3.05) is 20.1 Å². The summed E-state index contributed by atoms with van der Waals surface area (Å²) in [5, 5.41) is 3.26. The Bertz CT molecular complexity index is 506. The molecule has 0 aliphatic heterocycles. The Labute approximate surface area is 136 Å². The van der Waals surface area contributed by atoms with Gasteiger partial charge in [-0.3, -0.25) is 0 Å². The number of hydrogen-bond acceptors (Lipinski definition) is 2. The Hall–Kier alpha value is -1.40. The largest absolute Gasteiger partial charge is 0.388 e. The van der Waals surface area contributed by atoms with Crippen LogP contribution in [0.1, 0.15) is 47.0 Å². The molecule has 0 heterocycles. The molecule has 0 radical (unpaired) electrons. The lowest BCUT2D eigenvalue weighted by molar-refractivity contribution is 0.105. The molecule has 2 unspecified atom stereocenters. The summed E-state index contributed by atoms with van der Waals surface area (Å²) in [7, 11) is 1.98. The minimum Gasteiger partial charge on any atom is -0.388 e. The van der Waals surface area contributed by atoms with Gasteiger partial charge in [-0.2, -0.15) is 0 Å². The van der Waals surface area contributed by atoms with Crippen molar-refractivity contribution in [3.63, 3.8) is 0 Å². The molecule has 3 atom stereocenters. The fraction of sp³-hybridized carbons (Fsp3) is 0.650. The van der Waals surface area contributed by atoms with Crippen LogP contribution in [0.15, 0.2) is 40.9 Å². The first-order chi connectivity index (χ1) is 10.6. The standard InChI is InChI=1S/C20H32N2/c1-6-12-22(14-17(4)19-11-10-15(19)2)18-8-7-9-20(21-5)16(3)13-18/h7,9,13,15,17,19,21H,6,10-12,14H2,1-5H3/t15?,17-,19?/m1/s1. The fourth-order valence-electron chi connectivity index (χ4n) is 3.73. The molecule has 0 spiro atoms. The van der Waals surface area contributed by atoms with Gasteiger partial charge in [-0.25, -0.2) is 0 Å². The fourth-order valence-corrected chi connectivity index (χ4v) is 3.73. The number of rotatable bonds is 7. The van der Waals surface area contributed by atoms with Crippen LogP contribution < -0.4 is 5.32 Å². The van der Waals surface area contributed by atoms with Crippen molar-refractivity contribution in [1.29, 1.82) is 0 Å². The van der Waals surface area contributed by atoms with Crippen molar-refractivity contribution in [3.8, 4) is 0 Å². The van der Waals surface area contributed by atoms with Crippen molar-refractivity contribution in [1.82, 2.24) is 10.2 Å². The van der Waals surface area contributed by atoms with E-state index < -0.39 is 0 Å². The van der Waals surface area contributed by atoms with Crippen molar-refractivity contribution < 1.29 is 0 Å². The Morgan fingerprint density at radius 1 is 1.41 bits per heavy atom. The first-order valence-electron chi connectivity index (χ1n) is 8.85. The molecule has 1 fully saturated rings. The lowest BCUT2D eigenvalue weighted by Crippen LogP contribution is -2.37. The lowest BCUT2D eigenvalue weighted by Gasteiger charge is -2.41. The second-order valence-electron chi connectivity index (χ2n) is 7.00. The zero-order valence-electron chi connectivity index (χ0n) is 14.9. The minimum absolute atomic E-state index is 0.762. The molecule has 22 heavy (non-hydrogen) atoms. The molecule has 2 aliphatic carbocycles. The molecule has 0 aromatic heterocycles. The van der Waals surface area contributed by atoms with Crippen LogP contribution in [0, 0.1) is 17.8 Å². The molecule has 2 heteroatoms. The highest BCUT2D eigenvalue weighted by atomic mass is 15.1. The van der Waals surface area contributed by atoms with E-state index in [4.69, 9.17) is 0 Å². The number of hydrogen-bond donors (Lipinski definition) is 1. The maximum Gasteiger partial charge on any atom is 0.0803 e. The van der Waals surface area contributed by atoms with Gasteiger partial charge in [-0.05, 0) is 61.3 Å².